The van der Waals surface area contributed by atoms with Gasteiger partial charge in [-0.25, -0.2) is 13.4 Å². The minimum Gasteiger partial charge on any atom is -0.354 e. The van der Waals surface area contributed by atoms with Crippen LogP contribution in [0.1, 0.15) is 10.4 Å². The second kappa shape index (κ2) is 6.01. The first-order chi connectivity index (χ1) is 11.7. The van der Waals surface area contributed by atoms with Gasteiger partial charge in [0.2, 0.25) is 0 Å². The van der Waals surface area contributed by atoms with Gasteiger partial charge >= 0.3 is 0 Å². The molecule has 7 heteroatoms. The van der Waals surface area contributed by atoms with Crippen LogP contribution in [-0.4, -0.2) is 19.1 Å². The van der Waals surface area contributed by atoms with Crippen molar-refractivity contribution in [3.8, 4) is 11.3 Å². The molecule has 0 N–H and O–H groups in total. The van der Waals surface area contributed by atoms with E-state index in [-0.39, 0.29) is 11.4 Å². The summed E-state index contributed by atoms with van der Waals surface area (Å²) < 4.78 is 19.0. The van der Waals surface area contributed by atoms with Gasteiger partial charge in [0, 0.05) is 36.1 Å². The van der Waals surface area contributed by atoms with Crippen LogP contribution in [0.25, 0.3) is 17.3 Å². The predicted octanol–water partition coefficient (Wildman–Crippen LogP) is 2.95. The summed E-state index contributed by atoms with van der Waals surface area (Å²) in [5.74, 6) is -0.330. The Morgan fingerprint density at radius 3 is 3.04 bits per heavy atom. The van der Waals surface area contributed by atoms with E-state index in [1.807, 2.05) is 23.4 Å². The Bertz CT molecular complexity index is 978. The lowest BCUT2D eigenvalue weighted by molar-refractivity contribution is 0.272. The van der Waals surface area contributed by atoms with E-state index in [1.54, 1.807) is 18.2 Å². The van der Waals surface area contributed by atoms with Gasteiger partial charge in [-0.3, -0.25) is 4.79 Å². The number of hydrogen-bond acceptors (Lipinski definition) is 5. The van der Waals surface area contributed by atoms with Crippen LogP contribution in [0.2, 0.25) is 0 Å². The maximum Gasteiger partial charge on any atom is 0.268 e. The van der Waals surface area contributed by atoms with Gasteiger partial charge in [0.1, 0.15) is 12.5 Å². The lowest BCUT2D eigenvalue weighted by Gasteiger charge is -2.23. The van der Waals surface area contributed by atoms with Crippen molar-refractivity contribution in [3.05, 3.63) is 75.4 Å². The quantitative estimate of drug-likeness (QED) is 0.736. The highest BCUT2D eigenvalue weighted by Crippen LogP contribution is 2.23. The normalized spacial score (nSPS) is 13.1. The topological polar surface area (TPSA) is 51.0 Å². The second-order valence-electron chi connectivity index (χ2n) is 5.49. The number of fused-ring (bicyclic) bond motifs is 1. The van der Waals surface area contributed by atoms with Crippen molar-refractivity contribution in [1.29, 1.82) is 0 Å². The summed E-state index contributed by atoms with van der Waals surface area (Å²) in [5.41, 5.74) is 2.14. The molecule has 0 atom stereocenters. The van der Waals surface area contributed by atoms with Gasteiger partial charge in [-0.05, 0) is 35.8 Å². The maximum atomic E-state index is 13.4. The van der Waals surface area contributed by atoms with Crippen molar-refractivity contribution in [2.24, 2.45) is 0 Å². The molecule has 0 bridgehead atoms. The number of hydrogen-bond donors (Lipinski definition) is 0. The van der Waals surface area contributed by atoms with E-state index in [2.05, 4.69) is 9.47 Å². The van der Waals surface area contributed by atoms with Crippen LogP contribution in [0, 0.1) is 5.82 Å². The molecule has 0 aliphatic carbocycles. The van der Waals surface area contributed by atoms with Gasteiger partial charge in [0.25, 0.3) is 5.56 Å². The molecule has 0 radical (unpaired) electrons. The fraction of sp³-hybridized carbons (Fsp3) is 0.118. The van der Waals surface area contributed by atoms with Crippen LogP contribution < -0.4 is 5.56 Å². The molecule has 24 heavy (non-hydrogen) atoms. The third kappa shape index (κ3) is 2.85. The number of aromatic nitrogens is 3. The van der Waals surface area contributed by atoms with Crippen LogP contribution in [0.3, 0.4) is 0 Å². The molecule has 2 aromatic heterocycles. The molecule has 1 aromatic carbocycles. The minimum absolute atomic E-state index is 0.196. The largest absolute Gasteiger partial charge is 0.354 e. The van der Waals surface area contributed by atoms with Crippen molar-refractivity contribution >= 4 is 17.6 Å². The van der Waals surface area contributed by atoms with Crippen molar-refractivity contribution in [2.75, 3.05) is 0 Å². The summed E-state index contributed by atoms with van der Waals surface area (Å²) in [6.45, 7) is 1.01. The average molecular weight is 340 g/mol. The van der Waals surface area contributed by atoms with E-state index < -0.39 is 0 Å². The van der Waals surface area contributed by atoms with Gasteiger partial charge in [-0.15, -0.1) is 0 Å². The first-order valence-corrected chi connectivity index (χ1v) is 8.16. The molecule has 1 aliphatic rings. The number of halogens is 1. The van der Waals surface area contributed by atoms with Gasteiger partial charge in [-0.1, -0.05) is 12.1 Å². The van der Waals surface area contributed by atoms with Gasteiger partial charge in [0.05, 0.1) is 10.6 Å². The number of benzene rings is 1. The molecule has 0 spiro atoms. The molecule has 0 saturated heterocycles. The molecule has 0 amide bonds. The van der Waals surface area contributed by atoms with Crippen molar-refractivity contribution in [3.63, 3.8) is 0 Å². The van der Waals surface area contributed by atoms with E-state index in [0.717, 1.165) is 10.4 Å². The van der Waals surface area contributed by atoms with Gasteiger partial charge in [-0.2, -0.15) is 5.10 Å². The third-order valence-electron chi connectivity index (χ3n) is 3.79. The molecule has 0 unspecified atom stereocenters. The number of nitrogens with zero attached hydrogens (tertiary/aromatic N) is 4. The first-order valence-electron chi connectivity index (χ1n) is 7.39. The Kier molecular flexibility index (Phi) is 3.70. The zero-order chi connectivity index (χ0) is 16.5. The van der Waals surface area contributed by atoms with Gasteiger partial charge in [0.15, 0.2) is 0 Å². The standard InChI is InChI=1S/C17H13FN4OS/c18-14-3-1-2-12(8-14)15-4-5-17(23)22(20-15)11-21-7-6-16-13(10-21)9-19-24-16/h1-9H,10-11H2. The van der Waals surface area contributed by atoms with Crippen LogP contribution >= 0.6 is 11.5 Å². The van der Waals surface area contributed by atoms with Crippen LogP contribution in [-0.2, 0) is 13.2 Å². The lowest BCUT2D eigenvalue weighted by Crippen LogP contribution is -2.31. The highest BCUT2D eigenvalue weighted by atomic mass is 32.1. The highest BCUT2D eigenvalue weighted by molar-refractivity contribution is 7.06. The molecule has 5 nitrogen and oxygen atoms in total. The van der Waals surface area contributed by atoms with E-state index in [0.29, 0.717) is 24.5 Å². The van der Waals surface area contributed by atoms with Crippen LogP contribution in [0.4, 0.5) is 4.39 Å². The van der Waals surface area contributed by atoms with E-state index in [1.165, 1.54) is 34.4 Å². The van der Waals surface area contributed by atoms with Crippen molar-refractivity contribution < 1.29 is 4.39 Å². The van der Waals surface area contributed by atoms with Gasteiger partial charge < -0.3 is 4.90 Å². The Morgan fingerprint density at radius 1 is 1.25 bits per heavy atom. The molecular formula is C17H13FN4OS. The summed E-state index contributed by atoms with van der Waals surface area (Å²) in [5, 5.41) is 4.37. The zero-order valence-corrected chi connectivity index (χ0v) is 13.4. The van der Waals surface area contributed by atoms with E-state index in [9.17, 15) is 9.18 Å². The molecular weight excluding hydrogens is 327 g/mol. The summed E-state index contributed by atoms with van der Waals surface area (Å²) >= 11 is 1.45. The molecule has 3 heterocycles. The van der Waals surface area contributed by atoms with Crippen LogP contribution in [0.15, 0.2) is 53.6 Å². The lowest BCUT2D eigenvalue weighted by atomic mass is 10.1. The maximum absolute atomic E-state index is 13.4. The summed E-state index contributed by atoms with van der Waals surface area (Å²) in [4.78, 5) is 15.2. The zero-order valence-electron chi connectivity index (χ0n) is 12.6. The second-order valence-corrected chi connectivity index (χ2v) is 6.32. The van der Waals surface area contributed by atoms with Crippen LogP contribution in [0.5, 0.6) is 0 Å². The molecule has 0 saturated carbocycles. The average Bonchev–Trinajstić information content (AvgIpc) is 3.04. The Hall–Kier alpha value is -2.80. The molecule has 3 aromatic rings. The predicted molar refractivity (Wildman–Crippen MR) is 90.6 cm³/mol. The Morgan fingerprint density at radius 2 is 2.17 bits per heavy atom. The first kappa shape index (κ1) is 14.8. The van der Waals surface area contributed by atoms with Crippen molar-refractivity contribution in [2.45, 2.75) is 13.2 Å². The number of rotatable bonds is 3. The monoisotopic (exact) mass is 340 g/mol. The summed E-state index contributed by atoms with van der Waals surface area (Å²) in [6.07, 6.45) is 5.76. The van der Waals surface area contributed by atoms with Crippen molar-refractivity contribution in [1.82, 2.24) is 19.1 Å². The Labute approximate surface area is 141 Å². The van der Waals surface area contributed by atoms with E-state index >= 15 is 0 Å². The Balaban J connectivity index is 1.62. The van der Waals surface area contributed by atoms with E-state index in [4.69, 9.17) is 0 Å². The highest BCUT2D eigenvalue weighted by Gasteiger charge is 2.14. The molecule has 0 fully saturated rings. The smallest absolute Gasteiger partial charge is 0.268 e. The third-order valence-corrected chi connectivity index (χ3v) is 4.59. The fourth-order valence-electron chi connectivity index (χ4n) is 2.59. The summed E-state index contributed by atoms with van der Waals surface area (Å²) in [6, 6.07) is 9.25. The molecule has 1 aliphatic heterocycles. The minimum atomic E-state index is -0.330. The molecule has 120 valence electrons. The fourth-order valence-corrected chi connectivity index (χ4v) is 3.24. The molecule has 4 rings (SSSR count). The summed E-state index contributed by atoms with van der Waals surface area (Å²) in [7, 11) is 0. The SMILES string of the molecule is O=c1ccc(-c2cccc(F)c2)nn1CN1C=Cc2sncc2C1.